The van der Waals surface area contributed by atoms with E-state index in [1.54, 1.807) is 6.92 Å². The first-order valence-electron chi connectivity index (χ1n) is 10.8. The van der Waals surface area contributed by atoms with Crippen LogP contribution in [-0.2, 0) is 4.74 Å². The number of nitrogens with zero attached hydrogens (tertiary/aromatic N) is 1. The first-order chi connectivity index (χ1) is 17.2. The Morgan fingerprint density at radius 2 is 1.56 bits per heavy atom. The molecule has 2 N–H and O–H groups in total. The first-order valence-corrected chi connectivity index (χ1v) is 10.8. The normalized spacial score (nSPS) is 12.2. The minimum absolute atomic E-state index is 0.0234. The van der Waals surface area contributed by atoms with E-state index in [0.29, 0.717) is 5.75 Å². The number of carboxylic acids is 1. The summed E-state index contributed by atoms with van der Waals surface area (Å²) in [6.45, 7) is 1.90. The first kappa shape index (κ1) is 24.1. The van der Waals surface area contributed by atoms with E-state index in [0.717, 1.165) is 4.90 Å². The summed E-state index contributed by atoms with van der Waals surface area (Å²) in [5.74, 6) is -3.35. The number of imide groups is 1. The van der Waals surface area contributed by atoms with Crippen molar-refractivity contribution in [1.29, 1.82) is 0 Å². The van der Waals surface area contributed by atoms with E-state index in [1.165, 1.54) is 67.8 Å². The summed E-state index contributed by atoms with van der Waals surface area (Å²) < 4.78 is 9.96. The molecular weight excluding hydrogens is 468 g/mol. The Hall–Kier alpha value is -4.99. The van der Waals surface area contributed by atoms with Crippen LogP contribution in [0.5, 0.6) is 5.75 Å². The van der Waals surface area contributed by atoms with Crippen LogP contribution < -0.4 is 15.0 Å². The molecule has 0 saturated carbocycles. The van der Waals surface area contributed by atoms with E-state index in [2.05, 4.69) is 5.32 Å². The predicted octanol–water partition coefficient (Wildman–Crippen LogP) is 3.62. The summed E-state index contributed by atoms with van der Waals surface area (Å²) in [6, 6.07) is 14.0. The number of fused-ring (bicyclic) bond motifs is 1. The number of esters is 1. The van der Waals surface area contributed by atoms with Crippen LogP contribution in [0.2, 0.25) is 0 Å². The second-order valence-corrected chi connectivity index (χ2v) is 7.64. The van der Waals surface area contributed by atoms with Crippen molar-refractivity contribution in [2.45, 2.75) is 6.92 Å². The number of hydrogen-bond acceptors (Lipinski definition) is 7. The Morgan fingerprint density at radius 1 is 0.889 bits per heavy atom. The number of carboxylic acid groups (broad SMARTS) is 1. The molecule has 0 atom stereocenters. The number of hydrogen-bond donors (Lipinski definition) is 2. The van der Waals surface area contributed by atoms with Gasteiger partial charge >= 0.3 is 11.9 Å². The maximum absolute atomic E-state index is 13.1. The molecule has 0 unspecified atom stereocenters. The van der Waals surface area contributed by atoms with Gasteiger partial charge in [-0.1, -0.05) is 0 Å². The van der Waals surface area contributed by atoms with Crippen LogP contribution >= 0.6 is 0 Å². The van der Waals surface area contributed by atoms with Gasteiger partial charge in [0, 0.05) is 5.56 Å². The number of carbonyl (C=O) groups excluding carboxylic acids is 4. The Balaban J connectivity index is 1.58. The fraction of sp³-hybridized carbons (Fsp3) is 0.115. The zero-order valence-corrected chi connectivity index (χ0v) is 19.2. The molecule has 10 heteroatoms. The number of amides is 3. The molecule has 0 saturated heterocycles. The van der Waals surface area contributed by atoms with Crippen LogP contribution in [0.4, 0.5) is 11.4 Å². The molecule has 182 valence electrons. The van der Waals surface area contributed by atoms with E-state index in [9.17, 15) is 29.1 Å². The second kappa shape index (κ2) is 9.71. The standard InChI is InChI=1S/C26H20N2O8/c1-3-36-26(34)14-4-7-16(8-5-14)28-23(30)18-10-6-15(12-19(18)24(28)31)22(29)27-21-11-9-17(35-2)13-20(21)25(32)33/h4-13H,3H2,1-2H3,(H,27,29)(H,32,33). The molecule has 1 aliphatic heterocycles. The van der Waals surface area contributed by atoms with Gasteiger partial charge in [-0.15, -0.1) is 0 Å². The molecule has 0 bridgehead atoms. The Kier molecular flexibility index (Phi) is 6.51. The maximum atomic E-state index is 13.1. The number of carbonyl (C=O) groups is 5. The van der Waals surface area contributed by atoms with Gasteiger partial charge in [0.2, 0.25) is 0 Å². The molecule has 3 amide bonds. The molecule has 3 aromatic rings. The molecule has 1 aliphatic rings. The van der Waals surface area contributed by atoms with E-state index in [1.807, 2.05) is 0 Å². The zero-order valence-electron chi connectivity index (χ0n) is 19.2. The molecule has 10 nitrogen and oxygen atoms in total. The van der Waals surface area contributed by atoms with Crippen molar-refractivity contribution in [2.24, 2.45) is 0 Å². The average Bonchev–Trinajstić information content (AvgIpc) is 3.13. The Morgan fingerprint density at radius 3 is 2.19 bits per heavy atom. The number of aromatic carboxylic acids is 1. The van der Waals surface area contributed by atoms with Crippen LogP contribution in [0.3, 0.4) is 0 Å². The van der Waals surface area contributed by atoms with Crippen LogP contribution in [0.1, 0.15) is 58.7 Å². The van der Waals surface area contributed by atoms with Crippen molar-refractivity contribution in [1.82, 2.24) is 0 Å². The van der Waals surface area contributed by atoms with Crippen molar-refractivity contribution in [3.63, 3.8) is 0 Å². The molecule has 0 fully saturated rings. The molecule has 4 rings (SSSR count). The van der Waals surface area contributed by atoms with Crippen LogP contribution in [0.15, 0.2) is 60.7 Å². The summed E-state index contributed by atoms with van der Waals surface area (Å²) in [6.07, 6.45) is 0. The highest BCUT2D eigenvalue weighted by atomic mass is 16.5. The summed E-state index contributed by atoms with van der Waals surface area (Å²) in [5, 5.41) is 12.0. The van der Waals surface area contributed by atoms with Gasteiger partial charge in [-0.3, -0.25) is 14.4 Å². The van der Waals surface area contributed by atoms with E-state index in [4.69, 9.17) is 9.47 Å². The highest BCUT2D eigenvalue weighted by Gasteiger charge is 2.37. The number of ether oxygens (including phenoxy) is 2. The third kappa shape index (κ3) is 4.39. The van der Waals surface area contributed by atoms with Crippen LogP contribution in [0, 0.1) is 0 Å². The number of methoxy groups -OCH3 is 1. The van der Waals surface area contributed by atoms with Gasteiger partial charge in [0.05, 0.1) is 47.3 Å². The topological polar surface area (TPSA) is 139 Å². The monoisotopic (exact) mass is 488 g/mol. The third-order valence-electron chi connectivity index (χ3n) is 5.49. The maximum Gasteiger partial charge on any atom is 0.338 e. The fourth-order valence-corrected chi connectivity index (χ4v) is 3.71. The van der Waals surface area contributed by atoms with Crippen molar-refractivity contribution in [2.75, 3.05) is 23.9 Å². The summed E-state index contributed by atoms with van der Waals surface area (Å²) >= 11 is 0. The van der Waals surface area contributed by atoms with E-state index < -0.39 is 29.7 Å². The minimum atomic E-state index is -1.26. The van der Waals surface area contributed by atoms with Crippen molar-refractivity contribution < 1.29 is 38.6 Å². The SMILES string of the molecule is CCOC(=O)c1ccc(N2C(=O)c3ccc(C(=O)Nc4ccc(OC)cc4C(=O)O)cc3C2=O)cc1. The van der Waals surface area contributed by atoms with Gasteiger partial charge in [-0.25, -0.2) is 14.5 Å². The van der Waals surface area contributed by atoms with E-state index >= 15 is 0 Å². The largest absolute Gasteiger partial charge is 0.497 e. The zero-order chi connectivity index (χ0) is 26.0. The summed E-state index contributed by atoms with van der Waals surface area (Å²) in [4.78, 5) is 63.2. The van der Waals surface area contributed by atoms with Crippen molar-refractivity contribution in [3.05, 3.63) is 88.5 Å². The lowest BCUT2D eigenvalue weighted by molar-refractivity contribution is 0.0525. The minimum Gasteiger partial charge on any atom is -0.497 e. The quantitative estimate of drug-likeness (QED) is 0.380. The number of benzene rings is 3. The highest BCUT2D eigenvalue weighted by molar-refractivity contribution is 6.34. The Bertz CT molecular complexity index is 1410. The second-order valence-electron chi connectivity index (χ2n) is 7.64. The molecule has 1 heterocycles. The molecule has 0 aromatic heterocycles. The molecule has 0 aliphatic carbocycles. The average molecular weight is 488 g/mol. The van der Waals surface area contributed by atoms with Gasteiger partial charge in [-0.2, -0.15) is 0 Å². The molecule has 0 radical (unpaired) electrons. The molecule has 36 heavy (non-hydrogen) atoms. The summed E-state index contributed by atoms with van der Waals surface area (Å²) in [7, 11) is 1.39. The number of anilines is 2. The lowest BCUT2D eigenvalue weighted by Gasteiger charge is -2.14. The highest BCUT2D eigenvalue weighted by Crippen LogP contribution is 2.30. The summed E-state index contributed by atoms with van der Waals surface area (Å²) in [5.41, 5.74) is 0.589. The predicted molar refractivity (Wildman–Crippen MR) is 128 cm³/mol. The number of rotatable bonds is 7. The molecule has 0 spiro atoms. The fourth-order valence-electron chi connectivity index (χ4n) is 3.71. The van der Waals surface area contributed by atoms with E-state index in [-0.39, 0.29) is 45.8 Å². The van der Waals surface area contributed by atoms with Gasteiger partial charge < -0.3 is 19.9 Å². The van der Waals surface area contributed by atoms with Crippen molar-refractivity contribution >= 4 is 41.0 Å². The Labute approximate surface area is 205 Å². The smallest absolute Gasteiger partial charge is 0.338 e. The van der Waals surface area contributed by atoms with Gasteiger partial charge in [0.1, 0.15) is 5.75 Å². The van der Waals surface area contributed by atoms with Crippen LogP contribution in [0.25, 0.3) is 0 Å². The van der Waals surface area contributed by atoms with Gasteiger partial charge in [0.15, 0.2) is 0 Å². The van der Waals surface area contributed by atoms with Gasteiger partial charge in [0.25, 0.3) is 17.7 Å². The molecule has 3 aromatic carbocycles. The lowest BCUT2D eigenvalue weighted by atomic mass is 10.0. The van der Waals surface area contributed by atoms with Gasteiger partial charge in [-0.05, 0) is 67.6 Å². The number of nitrogens with one attached hydrogen (secondary N) is 1. The van der Waals surface area contributed by atoms with Crippen LogP contribution in [-0.4, -0.2) is 48.5 Å². The lowest BCUT2D eigenvalue weighted by Crippen LogP contribution is -2.29. The molecular formula is C26H20N2O8. The van der Waals surface area contributed by atoms with Crippen molar-refractivity contribution in [3.8, 4) is 5.75 Å². The third-order valence-corrected chi connectivity index (χ3v) is 5.49.